The summed E-state index contributed by atoms with van der Waals surface area (Å²) >= 11 is 0. The molecule has 0 radical (unpaired) electrons. The van der Waals surface area contributed by atoms with E-state index in [2.05, 4.69) is 29.9 Å². The summed E-state index contributed by atoms with van der Waals surface area (Å²) in [4.78, 5) is 35.0. The highest BCUT2D eigenvalue weighted by Gasteiger charge is 2.17. The summed E-state index contributed by atoms with van der Waals surface area (Å²) in [5.41, 5.74) is 2.95. The maximum absolute atomic E-state index is 12.3. The van der Waals surface area contributed by atoms with Crippen molar-refractivity contribution in [1.82, 2.24) is 10.6 Å². The topological polar surface area (TPSA) is 160 Å². The number of phosphoric acid groups is 1. The van der Waals surface area contributed by atoms with E-state index < -0.39 is 7.82 Å². The Kier molecular flexibility index (Phi) is 14.3. The molecule has 2 amide bonds. The number of azo groups is 1. The van der Waals surface area contributed by atoms with Crippen LogP contribution in [0, 0.1) is 0 Å². The summed E-state index contributed by atoms with van der Waals surface area (Å²) in [5.74, 6) is -0.503. The van der Waals surface area contributed by atoms with Crippen LogP contribution in [0.4, 0.5) is 17.1 Å². The number of phosphoric ester groups is 1. The molecule has 0 aliphatic carbocycles. The van der Waals surface area contributed by atoms with Crippen molar-refractivity contribution in [2.45, 2.75) is 6.42 Å². The molecule has 0 aliphatic rings. The molecule has 13 nitrogen and oxygen atoms in total. The average Bonchev–Trinajstić information content (AvgIpc) is 2.93. The lowest BCUT2D eigenvalue weighted by molar-refractivity contribution is -0.122. The van der Waals surface area contributed by atoms with Crippen molar-refractivity contribution in [2.24, 2.45) is 10.2 Å². The number of nitrogens with zero attached hydrogens (tertiary/aromatic N) is 3. The monoisotopic (exact) mass is 565 g/mol. The highest BCUT2D eigenvalue weighted by molar-refractivity contribution is 7.47. The zero-order valence-electron chi connectivity index (χ0n) is 22.4. The standard InChI is InChI=1S/C25H36N5O8P/c1-30(2)23-10-8-22(9-11-23)29-28-21-6-4-20(5-7-21)25(32)27-13-16-37-19-18-36-15-12-24(31)26-14-17-38-39(33,34)35-3/h4-11H,12-19H2,1-3H3,(H,26,31)(H,27,32)(H,33,34). The van der Waals surface area contributed by atoms with Crippen LogP contribution < -0.4 is 15.5 Å². The van der Waals surface area contributed by atoms with Crippen molar-refractivity contribution >= 4 is 36.7 Å². The van der Waals surface area contributed by atoms with Gasteiger partial charge in [-0.1, -0.05) is 0 Å². The largest absolute Gasteiger partial charge is 0.471 e. The Bertz CT molecular complexity index is 1100. The molecule has 0 heterocycles. The van der Waals surface area contributed by atoms with Gasteiger partial charge in [0.2, 0.25) is 5.91 Å². The lowest BCUT2D eigenvalue weighted by atomic mass is 10.2. The molecule has 0 spiro atoms. The summed E-state index contributed by atoms with van der Waals surface area (Å²) in [7, 11) is 0.962. The Labute approximate surface area is 228 Å². The van der Waals surface area contributed by atoms with Crippen LogP contribution in [-0.4, -0.2) is 84.0 Å². The number of amides is 2. The number of benzene rings is 2. The van der Waals surface area contributed by atoms with Crippen LogP contribution in [0.1, 0.15) is 16.8 Å². The fourth-order valence-electron chi connectivity index (χ4n) is 2.93. The molecule has 0 fully saturated rings. The average molecular weight is 566 g/mol. The van der Waals surface area contributed by atoms with Gasteiger partial charge in [-0.3, -0.25) is 18.6 Å². The minimum Gasteiger partial charge on any atom is -0.379 e. The van der Waals surface area contributed by atoms with Crippen LogP contribution in [0.2, 0.25) is 0 Å². The van der Waals surface area contributed by atoms with E-state index in [4.69, 9.17) is 14.4 Å². The molecule has 0 aliphatic heterocycles. The number of ether oxygens (including phenoxy) is 2. The maximum Gasteiger partial charge on any atom is 0.471 e. The second-order valence-electron chi connectivity index (χ2n) is 8.22. The summed E-state index contributed by atoms with van der Waals surface area (Å²) in [6.45, 7) is 1.36. The molecule has 14 heteroatoms. The summed E-state index contributed by atoms with van der Waals surface area (Å²) in [6, 6.07) is 14.5. The van der Waals surface area contributed by atoms with E-state index in [9.17, 15) is 14.2 Å². The molecule has 0 saturated heterocycles. The maximum atomic E-state index is 12.3. The van der Waals surface area contributed by atoms with Crippen LogP contribution in [0.25, 0.3) is 0 Å². The Hall–Kier alpha value is -3.19. The SMILES string of the molecule is COP(=O)(O)OCCNC(=O)CCOCCOCCNC(=O)c1ccc(N=Nc2ccc(N(C)C)cc2)cc1. The molecule has 0 aromatic heterocycles. The fourth-order valence-corrected chi connectivity index (χ4v) is 3.36. The van der Waals surface area contributed by atoms with Gasteiger partial charge in [0.05, 0.1) is 44.4 Å². The van der Waals surface area contributed by atoms with Gasteiger partial charge in [-0.2, -0.15) is 10.2 Å². The summed E-state index contributed by atoms with van der Waals surface area (Å²) in [5, 5.41) is 13.7. The highest BCUT2D eigenvalue weighted by Crippen LogP contribution is 2.41. The molecule has 2 aromatic rings. The molecule has 2 rings (SSSR count). The first-order chi connectivity index (χ1) is 18.7. The quantitative estimate of drug-likeness (QED) is 0.140. The van der Waals surface area contributed by atoms with Crippen LogP contribution in [0.3, 0.4) is 0 Å². The lowest BCUT2D eigenvalue weighted by Gasteiger charge is -2.11. The van der Waals surface area contributed by atoms with Crippen LogP contribution in [0.15, 0.2) is 58.8 Å². The van der Waals surface area contributed by atoms with Crippen LogP contribution >= 0.6 is 7.82 Å². The summed E-state index contributed by atoms with van der Waals surface area (Å²) < 4.78 is 30.7. The van der Waals surface area contributed by atoms with Gasteiger partial charge in [0.15, 0.2) is 0 Å². The van der Waals surface area contributed by atoms with Gasteiger partial charge in [0, 0.05) is 52.0 Å². The number of anilines is 1. The van der Waals surface area contributed by atoms with Gasteiger partial charge < -0.3 is 29.9 Å². The lowest BCUT2D eigenvalue weighted by Crippen LogP contribution is -2.28. The third kappa shape index (κ3) is 13.4. The smallest absolute Gasteiger partial charge is 0.379 e. The second kappa shape index (κ2) is 17.4. The number of carbonyl (C=O) groups is 2. The minimum absolute atomic E-state index is 0.0727. The second-order valence-corrected chi connectivity index (χ2v) is 9.78. The van der Waals surface area contributed by atoms with Gasteiger partial charge in [-0.25, -0.2) is 4.57 Å². The molecule has 2 aromatic carbocycles. The predicted molar refractivity (Wildman–Crippen MR) is 146 cm³/mol. The van der Waals surface area contributed by atoms with Gasteiger partial charge in [0.25, 0.3) is 5.91 Å². The first-order valence-electron chi connectivity index (χ1n) is 12.2. The number of nitrogens with one attached hydrogen (secondary N) is 2. The van der Waals surface area contributed by atoms with E-state index in [1.54, 1.807) is 24.3 Å². The van der Waals surface area contributed by atoms with Gasteiger partial charge in [-0.05, 0) is 48.5 Å². The third-order valence-corrected chi connectivity index (χ3v) is 6.03. The first-order valence-corrected chi connectivity index (χ1v) is 13.7. The Morgan fingerprint density at radius 2 is 1.41 bits per heavy atom. The predicted octanol–water partition coefficient (Wildman–Crippen LogP) is 3.20. The van der Waals surface area contributed by atoms with E-state index in [1.807, 2.05) is 43.3 Å². The molecular formula is C25H36N5O8P. The van der Waals surface area contributed by atoms with E-state index in [-0.39, 0.29) is 38.0 Å². The van der Waals surface area contributed by atoms with Gasteiger partial charge in [-0.15, -0.1) is 0 Å². The van der Waals surface area contributed by atoms with Crippen molar-refractivity contribution in [1.29, 1.82) is 0 Å². The third-order valence-electron chi connectivity index (χ3n) is 5.06. The molecule has 0 bridgehead atoms. The minimum atomic E-state index is -4.03. The normalized spacial score (nSPS) is 12.7. The van der Waals surface area contributed by atoms with Crippen molar-refractivity contribution in [2.75, 3.05) is 72.2 Å². The van der Waals surface area contributed by atoms with Crippen LogP contribution in [0.5, 0.6) is 0 Å². The van der Waals surface area contributed by atoms with Gasteiger partial charge >= 0.3 is 7.82 Å². The zero-order chi connectivity index (χ0) is 28.5. The Balaban J connectivity index is 1.52. The Morgan fingerprint density at radius 1 is 0.846 bits per heavy atom. The van der Waals surface area contributed by atoms with Gasteiger partial charge in [0.1, 0.15) is 0 Å². The molecule has 214 valence electrons. The Morgan fingerprint density at radius 3 is 2.00 bits per heavy atom. The molecule has 1 atom stereocenters. The molecule has 3 N–H and O–H groups in total. The number of hydrogen-bond donors (Lipinski definition) is 3. The molecule has 0 saturated carbocycles. The fraction of sp³-hybridized carbons (Fsp3) is 0.440. The molecular weight excluding hydrogens is 529 g/mol. The van der Waals surface area contributed by atoms with Crippen LogP contribution in [-0.2, 0) is 27.9 Å². The molecule has 1 unspecified atom stereocenters. The number of hydrogen-bond acceptors (Lipinski definition) is 10. The first kappa shape index (κ1) is 32.0. The van der Waals surface area contributed by atoms with Crippen molar-refractivity contribution in [3.05, 3.63) is 54.1 Å². The van der Waals surface area contributed by atoms with E-state index in [0.29, 0.717) is 37.6 Å². The van der Waals surface area contributed by atoms with Crippen molar-refractivity contribution in [3.63, 3.8) is 0 Å². The van der Waals surface area contributed by atoms with Crippen molar-refractivity contribution < 1.29 is 37.6 Å². The summed E-state index contributed by atoms with van der Waals surface area (Å²) in [6.07, 6.45) is 0.126. The number of rotatable bonds is 18. The van der Waals surface area contributed by atoms with E-state index in [1.165, 1.54) is 0 Å². The zero-order valence-corrected chi connectivity index (χ0v) is 23.3. The van der Waals surface area contributed by atoms with E-state index in [0.717, 1.165) is 18.5 Å². The highest BCUT2D eigenvalue weighted by atomic mass is 31.2. The number of carbonyl (C=O) groups excluding carboxylic acids is 2. The molecule has 39 heavy (non-hydrogen) atoms. The van der Waals surface area contributed by atoms with Crippen molar-refractivity contribution in [3.8, 4) is 0 Å². The van der Waals surface area contributed by atoms with E-state index >= 15 is 0 Å².